The first kappa shape index (κ1) is 12.0. The zero-order valence-corrected chi connectivity index (χ0v) is 10.2. The molecule has 2 rings (SSSR count). The van der Waals surface area contributed by atoms with Crippen molar-refractivity contribution in [1.29, 1.82) is 0 Å². The molecule has 0 bridgehead atoms. The smallest absolute Gasteiger partial charge is 0.269 e. The Labute approximate surface area is 102 Å². The first-order chi connectivity index (χ1) is 8.25. The summed E-state index contributed by atoms with van der Waals surface area (Å²) >= 11 is 0. The van der Waals surface area contributed by atoms with Crippen molar-refractivity contribution in [1.82, 2.24) is 15.2 Å². The highest BCUT2D eigenvalue weighted by Gasteiger charge is 2.17. The minimum absolute atomic E-state index is 0.0653. The van der Waals surface area contributed by atoms with Gasteiger partial charge in [-0.25, -0.2) is 0 Å². The number of rotatable bonds is 3. The third kappa shape index (κ3) is 3.53. The van der Waals surface area contributed by atoms with Crippen molar-refractivity contribution < 1.29 is 4.79 Å². The first-order valence-corrected chi connectivity index (χ1v) is 6.13. The summed E-state index contributed by atoms with van der Waals surface area (Å²) < 4.78 is 0. The van der Waals surface area contributed by atoms with Crippen LogP contribution in [0.15, 0.2) is 24.4 Å². The largest absolute Gasteiger partial charge is 0.350 e. The fourth-order valence-corrected chi connectivity index (χ4v) is 2.09. The number of carbonyl (C=O) groups excluding carboxylic acids is 1. The Morgan fingerprint density at radius 1 is 1.47 bits per heavy atom. The van der Waals surface area contributed by atoms with E-state index in [0.29, 0.717) is 11.6 Å². The Bertz CT molecular complexity index is 358. The van der Waals surface area contributed by atoms with Crippen LogP contribution in [0.2, 0.25) is 0 Å². The summed E-state index contributed by atoms with van der Waals surface area (Å²) in [6.07, 6.45) is 3.97. The van der Waals surface area contributed by atoms with Gasteiger partial charge in [-0.2, -0.15) is 0 Å². The van der Waals surface area contributed by atoms with E-state index < -0.39 is 0 Å². The van der Waals surface area contributed by atoms with E-state index in [4.69, 9.17) is 0 Å². The van der Waals surface area contributed by atoms with Gasteiger partial charge in [-0.05, 0) is 51.0 Å². The summed E-state index contributed by atoms with van der Waals surface area (Å²) in [6, 6.07) is 5.38. The van der Waals surface area contributed by atoms with Crippen LogP contribution in [0.3, 0.4) is 0 Å². The highest BCUT2D eigenvalue weighted by Crippen LogP contribution is 2.14. The maximum atomic E-state index is 11.8. The van der Waals surface area contributed by atoms with Crippen LogP contribution in [-0.2, 0) is 0 Å². The third-order valence-electron chi connectivity index (χ3n) is 3.29. The average Bonchev–Trinajstić information content (AvgIpc) is 2.39. The van der Waals surface area contributed by atoms with E-state index in [9.17, 15) is 4.79 Å². The molecule has 0 atom stereocenters. The molecule has 0 saturated carbocycles. The summed E-state index contributed by atoms with van der Waals surface area (Å²) in [7, 11) is 2.14. The average molecular weight is 233 g/mol. The molecular formula is C13H19N3O. The van der Waals surface area contributed by atoms with Gasteiger partial charge in [0.25, 0.3) is 5.91 Å². The zero-order chi connectivity index (χ0) is 12.1. The molecular weight excluding hydrogens is 214 g/mol. The molecule has 2 heterocycles. The lowest BCUT2D eigenvalue weighted by molar-refractivity contribution is 0.0934. The molecule has 1 amide bonds. The number of likely N-dealkylation sites (tertiary alicyclic amines) is 1. The molecule has 0 aliphatic carbocycles. The summed E-state index contributed by atoms with van der Waals surface area (Å²) in [4.78, 5) is 18.1. The molecule has 0 spiro atoms. The van der Waals surface area contributed by atoms with Crippen LogP contribution >= 0.6 is 0 Å². The Kier molecular flexibility index (Phi) is 4.09. The van der Waals surface area contributed by atoms with E-state index in [1.807, 2.05) is 12.1 Å². The van der Waals surface area contributed by atoms with E-state index in [0.717, 1.165) is 19.6 Å². The molecule has 0 radical (unpaired) electrons. The quantitative estimate of drug-likeness (QED) is 0.852. The number of carbonyl (C=O) groups is 1. The predicted molar refractivity (Wildman–Crippen MR) is 66.8 cm³/mol. The summed E-state index contributed by atoms with van der Waals surface area (Å²) in [5.41, 5.74) is 0.500. The third-order valence-corrected chi connectivity index (χ3v) is 3.29. The molecule has 0 unspecified atom stereocenters. The van der Waals surface area contributed by atoms with E-state index in [1.54, 1.807) is 12.3 Å². The van der Waals surface area contributed by atoms with Gasteiger partial charge >= 0.3 is 0 Å². The minimum Gasteiger partial charge on any atom is -0.350 e. The maximum Gasteiger partial charge on any atom is 0.269 e. The molecule has 4 heteroatoms. The Hall–Kier alpha value is -1.42. The molecule has 17 heavy (non-hydrogen) atoms. The number of piperidine rings is 1. The van der Waals surface area contributed by atoms with Gasteiger partial charge in [-0.15, -0.1) is 0 Å². The van der Waals surface area contributed by atoms with Crippen LogP contribution < -0.4 is 5.32 Å². The van der Waals surface area contributed by atoms with Gasteiger partial charge in [0.15, 0.2) is 0 Å². The lowest BCUT2D eigenvalue weighted by Crippen LogP contribution is -2.37. The fourth-order valence-electron chi connectivity index (χ4n) is 2.09. The second-order valence-electron chi connectivity index (χ2n) is 4.67. The molecule has 4 nitrogen and oxygen atoms in total. The van der Waals surface area contributed by atoms with Crippen LogP contribution in [0.25, 0.3) is 0 Å². The van der Waals surface area contributed by atoms with Crippen molar-refractivity contribution in [3.63, 3.8) is 0 Å². The Morgan fingerprint density at radius 2 is 2.24 bits per heavy atom. The van der Waals surface area contributed by atoms with Crippen LogP contribution in [0, 0.1) is 5.92 Å². The van der Waals surface area contributed by atoms with Gasteiger partial charge in [0, 0.05) is 12.7 Å². The van der Waals surface area contributed by atoms with E-state index >= 15 is 0 Å². The second-order valence-corrected chi connectivity index (χ2v) is 4.67. The van der Waals surface area contributed by atoms with Gasteiger partial charge in [0.2, 0.25) is 0 Å². The van der Waals surface area contributed by atoms with E-state index in [1.165, 1.54) is 12.8 Å². The number of hydrogen-bond acceptors (Lipinski definition) is 3. The highest BCUT2D eigenvalue weighted by molar-refractivity contribution is 5.92. The lowest BCUT2D eigenvalue weighted by Gasteiger charge is -2.28. The van der Waals surface area contributed by atoms with Crippen molar-refractivity contribution in [2.45, 2.75) is 12.8 Å². The van der Waals surface area contributed by atoms with Gasteiger partial charge in [-0.3, -0.25) is 9.78 Å². The van der Waals surface area contributed by atoms with Gasteiger partial charge in [-0.1, -0.05) is 6.07 Å². The molecule has 1 aliphatic heterocycles. The van der Waals surface area contributed by atoms with Crippen molar-refractivity contribution in [2.24, 2.45) is 5.92 Å². The lowest BCUT2D eigenvalue weighted by atomic mass is 9.97. The van der Waals surface area contributed by atoms with Crippen molar-refractivity contribution in [2.75, 3.05) is 26.7 Å². The predicted octanol–water partition coefficient (Wildman–Crippen LogP) is 1.15. The SMILES string of the molecule is CN1CCC(CNC(=O)c2ccccn2)CC1. The van der Waals surface area contributed by atoms with Gasteiger partial charge < -0.3 is 10.2 Å². The van der Waals surface area contributed by atoms with Gasteiger partial charge in [0.1, 0.15) is 5.69 Å². The maximum absolute atomic E-state index is 11.8. The first-order valence-electron chi connectivity index (χ1n) is 6.13. The topological polar surface area (TPSA) is 45.2 Å². The fraction of sp³-hybridized carbons (Fsp3) is 0.538. The molecule has 92 valence electrons. The number of nitrogens with one attached hydrogen (secondary N) is 1. The summed E-state index contributed by atoms with van der Waals surface area (Å²) in [6.45, 7) is 3.03. The normalized spacial score (nSPS) is 17.9. The van der Waals surface area contributed by atoms with Crippen molar-refractivity contribution in [3.05, 3.63) is 30.1 Å². The molecule has 0 aromatic carbocycles. The van der Waals surface area contributed by atoms with Crippen LogP contribution in [0.4, 0.5) is 0 Å². The number of hydrogen-bond donors (Lipinski definition) is 1. The molecule has 1 aromatic rings. The highest BCUT2D eigenvalue weighted by atomic mass is 16.1. The standard InChI is InChI=1S/C13H19N3O/c1-16-8-5-11(6-9-16)10-15-13(17)12-4-2-3-7-14-12/h2-4,7,11H,5-6,8-10H2,1H3,(H,15,17). The molecule has 1 fully saturated rings. The number of nitrogens with zero attached hydrogens (tertiary/aromatic N) is 2. The van der Waals surface area contributed by atoms with Crippen LogP contribution in [0.1, 0.15) is 23.3 Å². The molecule has 1 N–H and O–H groups in total. The van der Waals surface area contributed by atoms with E-state index in [-0.39, 0.29) is 5.91 Å². The zero-order valence-electron chi connectivity index (χ0n) is 10.2. The minimum atomic E-state index is -0.0653. The van der Waals surface area contributed by atoms with E-state index in [2.05, 4.69) is 22.2 Å². The number of aromatic nitrogens is 1. The Balaban J connectivity index is 1.77. The summed E-state index contributed by atoms with van der Waals surface area (Å²) in [5.74, 6) is 0.545. The van der Waals surface area contributed by atoms with Crippen molar-refractivity contribution >= 4 is 5.91 Å². The van der Waals surface area contributed by atoms with Crippen molar-refractivity contribution in [3.8, 4) is 0 Å². The van der Waals surface area contributed by atoms with Gasteiger partial charge in [0.05, 0.1) is 0 Å². The summed E-state index contributed by atoms with van der Waals surface area (Å²) in [5, 5.41) is 2.96. The van der Waals surface area contributed by atoms with Crippen LogP contribution in [0.5, 0.6) is 0 Å². The van der Waals surface area contributed by atoms with Crippen LogP contribution in [-0.4, -0.2) is 42.5 Å². The molecule has 1 saturated heterocycles. The number of amides is 1. The molecule has 1 aromatic heterocycles. The Morgan fingerprint density at radius 3 is 2.88 bits per heavy atom. The second kappa shape index (κ2) is 5.77. The number of pyridine rings is 1. The molecule has 1 aliphatic rings. The monoisotopic (exact) mass is 233 g/mol.